The first-order chi connectivity index (χ1) is 9.25. The maximum Gasteiger partial charge on any atom is 0.241 e. The van der Waals surface area contributed by atoms with Crippen LogP contribution < -0.4 is 5.32 Å². The smallest absolute Gasteiger partial charge is 0.241 e. The molecule has 1 N–H and O–H groups in total. The summed E-state index contributed by atoms with van der Waals surface area (Å²) in [6.45, 7) is 4.46. The Kier molecular flexibility index (Phi) is 3.86. The molecule has 0 radical (unpaired) electrons. The summed E-state index contributed by atoms with van der Waals surface area (Å²) >= 11 is 1.68. The van der Waals surface area contributed by atoms with Crippen molar-refractivity contribution in [3.05, 3.63) is 22.4 Å². The summed E-state index contributed by atoms with van der Waals surface area (Å²) in [6.07, 6.45) is 2.18. The fourth-order valence-electron chi connectivity index (χ4n) is 2.88. The Morgan fingerprint density at radius 3 is 2.95 bits per heavy atom. The number of nitrogens with one attached hydrogen (secondary N) is 1. The zero-order valence-corrected chi connectivity index (χ0v) is 12.0. The van der Waals surface area contributed by atoms with Crippen LogP contribution in [0.5, 0.6) is 0 Å². The van der Waals surface area contributed by atoms with E-state index in [1.165, 1.54) is 5.56 Å². The van der Waals surface area contributed by atoms with Crippen LogP contribution in [0.25, 0.3) is 0 Å². The van der Waals surface area contributed by atoms with Gasteiger partial charge in [-0.2, -0.15) is 11.3 Å². The zero-order valence-electron chi connectivity index (χ0n) is 11.2. The third kappa shape index (κ3) is 2.68. The molecule has 0 spiro atoms. The van der Waals surface area contributed by atoms with Gasteiger partial charge >= 0.3 is 0 Å². The highest BCUT2D eigenvalue weighted by molar-refractivity contribution is 7.07. The molecule has 1 amide bonds. The Morgan fingerprint density at radius 1 is 1.47 bits per heavy atom. The van der Waals surface area contributed by atoms with Crippen LogP contribution in [-0.2, 0) is 9.53 Å². The monoisotopic (exact) mass is 280 g/mol. The lowest BCUT2D eigenvalue weighted by molar-refractivity contribution is -0.130. The molecule has 3 rings (SSSR count). The van der Waals surface area contributed by atoms with Crippen molar-refractivity contribution in [3.8, 4) is 0 Å². The van der Waals surface area contributed by atoms with E-state index in [9.17, 15) is 4.79 Å². The van der Waals surface area contributed by atoms with E-state index >= 15 is 0 Å². The normalized spacial score (nSPS) is 29.1. The molecule has 2 saturated heterocycles. The van der Waals surface area contributed by atoms with Crippen molar-refractivity contribution in [3.63, 3.8) is 0 Å². The second-order valence-corrected chi connectivity index (χ2v) is 6.17. The van der Waals surface area contributed by atoms with E-state index < -0.39 is 0 Å². The van der Waals surface area contributed by atoms with Crippen LogP contribution in [0.2, 0.25) is 0 Å². The first-order valence-corrected chi connectivity index (χ1v) is 7.86. The van der Waals surface area contributed by atoms with Gasteiger partial charge in [-0.1, -0.05) is 0 Å². The van der Waals surface area contributed by atoms with Crippen molar-refractivity contribution in [1.82, 2.24) is 10.2 Å². The highest BCUT2D eigenvalue weighted by atomic mass is 32.1. The highest BCUT2D eigenvalue weighted by Crippen LogP contribution is 2.29. The Labute approximate surface area is 117 Å². The maximum absolute atomic E-state index is 12.3. The van der Waals surface area contributed by atoms with Crippen molar-refractivity contribution in [2.75, 3.05) is 19.8 Å². The average molecular weight is 280 g/mol. The molecule has 2 unspecified atom stereocenters. The quantitative estimate of drug-likeness (QED) is 0.920. The van der Waals surface area contributed by atoms with E-state index in [1.807, 2.05) is 11.8 Å². The van der Waals surface area contributed by atoms with Gasteiger partial charge in [0.25, 0.3) is 0 Å². The molecule has 4 nitrogen and oxygen atoms in total. The van der Waals surface area contributed by atoms with E-state index in [0.29, 0.717) is 5.92 Å². The van der Waals surface area contributed by atoms with Crippen LogP contribution >= 0.6 is 11.3 Å². The van der Waals surface area contributed by atoms with Crippen LogP contribution in [0.3, 0.4) is 0 Å². The van der Waals surface area contributed by atoms with Crippen LogP contribution in [0.4, 0.5) is 0 Å². The fourth-order valence-corrected chi connectivity index (χ4v) is 3.56. The summed E-state index contributed by atoms with van der Waals surface area (Å²) in [4.78, 5) is 14.3. The summed E-state index contributed by atoms with van der Waals surface area (Å²) in [7, 11) is 0. The van der Waals surface area contributed by atoms with Gasteiger partial charge in [-0.15, -0.1) is 0 Å². The van der Waals surface area contributed by atoms with Crippen molar-refractivity contribution in [1.29, 1.82) is 0 Å². The van der Waals surface area contributed by atoms with Gasteiger partial charge in [0, 0.05) is 19.8 Å². The third-order valence-corrected chi connectivity index (χ3v) is 4.73. The lowest BCUT2D eigenvalue weighted by atomic mass is 9.99. The van der Waals surface area contributed by atoms with Gasteiger partial charge in [-0.3, -0.25) is 10.1 Å². The van der Waals surface area contributed by atoms with Gasteiger partial charge in [-0.05, 0) is 48.1 Å². The summed E-state index contributed by atoms with van der Waals surface area (Å²) < 4.78 is 5.39. The van der Waals surface area contributed by atoms with E-state index in [1.54, 1.807) is 11.3 Å². The number of rotatable bonds is 3. The van der Waals surface area contributed by atoms with Gasteiger partial charge in [0.15, 0.2) is 0 Å². The molecule has 2 aliphatic rings. The van der Waals surface area contributed by atoms with Crippen molar-refractivity contribution in [2.24, 2.45) is 5.92 Å². The van der Waals surface area contributed by atoms with E-state index in [-0.39, 0.29) is 18.1 Å². The predicted octanol–water partition coefficient (Wildman–Crippen LogP) is 1.99. The second kappa shape index (κ2) is 5.61. The fraction of sp³-hybridized carbons (Fsp3) is 0.643. The molecular formula is C14H20N2O2S. The molecule has 0 aromatic carbocycles. The molecule has 3 heterocycles. The largest absolute Gasteiger partial charge is 0.381 e. The van der Waals surface area contributed by atoms with Crippen molar-refractivity contribution in [2.45, 2.75) is 32.0 Å². The van der Waals surface area contributed by atoms with E-state index in [4.69, 9.17) is 4.74 Å². The first-order valence-electron chi connectivity index (χ1n) is 6.92. The number of ether oxygens (including phenoxy) is 1. The number of carbonyl (C=O) groups excluding carboxylic acids is 1. The minimum absolute atomic E-state index is 0.0524. The molecule has 0 bridgehead atoms. The van der Waals surface area contributed by atoms with Gasteiger partial charge in [0.2, 0.25) is 5.91 Å². The molecule has 104 valence electrons. The molecule has 5 heteroatoms. The topological polar surface area (TPSA) is 41.6 Å². The molecule has 1 aromatic heterocycles. The van der Waals surface area contributed by atoms with E-state index in [0.717, 1.165) is 32.6 Å². The van der Waals surface area contributed by atoms with Crippen molar-refractivity contribution >= 4 is 17.2 Å². The van der Waals surface area contributed by atoms with Gasteiger partial charge < -0.3 is 9.64 Å². The minimum Gasteiger partial charge on any atom is -0.381 e. The number of carbonyl (C=O) groups is 1. The van der Waals surface area contributed by atoms with Crippen molar-refractivity contribution < 1.29 is 9.53 Å². The van der Waals surface area contributed by atoms with Gasteiger partial charge in [0.1, 0.15) is 6.17 Å². The SMILES string of the molecule is CC1NC(c2ccsc2)N(CC2CCOCC2)C1=O. The molecule has 19 heavy (non-hydrogen) atoms. The number of thiophene rings is 1. The Balaban J connectivity index is 1.73. The molecule has 0 aliphatic carbocycles. The molecule has 2 aliphatic heterocycles. The highest BCUT2D eigenvalue weighted by Gasteiger charge is 2.38. The predicted molar refractivity (Wildman–Crippen MR) is 74.9 cm³/mol. The average Bonchev–Trinajstić information content (AvgIpc) is 3.04. The Hall–Kier alpha value is -0.910. The van der Waals surface area contributed by atoms with E-state index in [2.05, 4.69) is 22.1 Å². The molecule has 1 aromatic rings. The molecular weight excluding hydrogens is 260 g/mol. The Bertz CT molecular complexity index is 429. The van der Waals surface area contributed by atoms with Crippen LogP contribution in [0.15, 0.2) is 16.8 Å². The maximum atomic E-state index is 12.3. The van der Waals surface area contributed by atoms with Gasteiger partial charge in [-0.25, -0.2) is 0 Å². The minimum atomic E-state index is -0.0789. The summed E-state index contributed by atoms with van der Waals surface area (Å²) in [5, 5.41) is 7.59. The zero-order chi connectivity index (χ0) is 13.2. The molecule has 2 atom stereocenters. The number of nitrogens with zero attached hydrogens (tertiary/aromatic N) is 1. The first kappa shape index (κ1) is 13.1. The summed E-state index contributed by atoms with van der Waals surface area (Å²) in [5.74, 6) is 0.800. The van der Waals surface area contributed by atoms with Crippen LogP contribution in [-0.4, -0.2) is 36.6 Å². The number of hydrogen-bond donors (Lipinski definition) is 1. The standard InChI is InChI=1S/C14H20N2O2S/c1-10-14(17)16(8-11-2-5-18-6-3-11)13(15-10)12-4-7-19-9-12/h4,7,9-11,13,15H,2-3,5-6,8H2,1H3. The third-order valence-electron chi connectivity index (χ3n) is 4.03. The van der Waals surface area contributed by atoms with Crippen LogP contribution in [0, 0.1) is 5.92 Å². The number of amides is 1. The summed E-state index contributed by atoms with van der Waals surface area (Å²) in [6, 6.07) is 2.02. The lowest BCUT2D eigenvalue weighted by Crippen LogP contribution is -2.36. The lowest BCUT2D eigenvalue weighted by Gasteiger charge is -2.30. The summed E-state index contributed by atoms with van der Waals surface area (Å²) in [5.41, 5.74) is 1.20. The molecule has 2 fully saturated rings. The number of hydrogen-bond acceptors (Lipinski definition) is 4. The van der Waals surface area contributed by atoms with Gasteiger partial charge in [0.05, 0.1) is 6.04 Å². The Morgan fingerprint density at radius 2 is 2.26 bits per heavy atom. The molecule has 0 saturated carbocycles. The second-order valence-electron chi connectivity index (χ2n) is 5.39. The van der Waals surface area contributed by atoms with Crippen LogP contribution in [0.1, 0.15) is 31.5 Å².